The summed E-state index contributed by atoms with van der Waals surface area (Å²) in [7, 11) is -0.909. The van der Waals surface area contributed by atoms with E-state index in [1.165, 1.54) is 38.4 Å². The Morgan fingerprint density at radius 2 is 1.78 bits per heavy atom. The van der Waals surface area contributed by atoms with Gasteiger partial charge in [0, 0.05) is 25.4 Å². The van der Waals surface area contributed by atoms with Crippen molar-refractivity contribution in [3.63, 3.8) is 0 Å². The summed E-state index contributed by atoms with van der Waals surface area (Å²) < 4.78 is 22.2. The van der Waals surface area contributed by atoms with Crippen molar-refractivity contribution in [2.75, 3.05) is 32.1 Å². The molecule has 0 rings (SSSR count). The average molecular weight is 278 g/mol. The van der Waals surface area contributed by atoms with Gasteiger partial charge in [-0.1, -0.05) is 39.0 Å². The number of nitrogens with two attached hydrogens (primary N) is 1. The molecule has 0 saturated heterocycles. The summed E-state index contributed by atoms with van der Waals surface area (Å²) in [5.41, 5.74) is 5.76. The second-order valence-electron chi connectivity index (χ2n) is 5.20. The van der Waals surface area contributed by atoms with Crippen LogP contribution < -0.4 is 5.73 Å². The normalized spacial score (nSPS) is 14.1. The molecule has 0 heterocycles. The van der Waals surface area contributed by atoms with E-state index < -0.39 is 9.84 Å². The zero-order valence-electron chi connectivity index (χ0n) is 12.2. The van der Waals surface area contributed by atoms with Gasteiger partial charge in [0.15, 0.2) is 0 Å². The molecule has 0 aliphatic rings. The Kier molecular flexibility index (Phi) is 9.68. The molecule has 1 unspecified atom stereocenters. The van der Waals surface area contributed by atoms with Crippen LogP contribution in [0.3, 0.4) is 0 Å². The molecule has 0 aliphatic carbocycles. The predicted octanol–water partition coefficient (Wildman–Crippen LogP) is 1.65. The van der Waals surface area contributed by atoms with Gasteiger partial charge in [-0.05, 0) is 13.5 Å². The molecule has 4 nitrogen and oxygen atoms in total. The fourth-order valence-corrected chi connectivity index (χ4v) is 2.61. The van der Waals surface area contributed by atoms with Gasteiger partial charge in [0.1, 0.15) is 9.84 Å². The molecule has 5 heteroatoms. The summed E-state index contributed by atoms with van der Waals surface area (Å²) in [5, 5.41) is 0. The largest absolute Gasteiger partial charge is 0.329 e. The van der Waals surface area contributed by atoms with Crippen LogP contribution in [-0.4, -0.2) is 51.5 Å². The molecule has 0 spiro atoms. The predicted molar refractivity (Wildman–Crippen MR) is 78.6 cm³/mol. The number of unbranched alkanes of at least 4 members (excludes halogenated alkanes) is 4. The second-order valence-corrected chi connectivity index (χ2v) is 7.46. The first-order valence-corrected chi connectivity index (χ1v) is 9.04. The van der Waals surface area contributed by atoms with E-state index >= 15 is 0 Å². The molecule has 1 atom stereocenters. The van der Waals surface area contributed by atoms with E-state index in [0.29, 0.717) is 19.1 Å². The fraction of sp³-hybridized carbons (Fsp3) is 1.00. The molecule has 0 aliphatic heterocycles. The highest BCUT2D eigenvalue weighted by atomic mass is 32.2. The highest BCUT2D eigenvalue weighted by molar-refractivity contribution is 7.90. The Morgan fingerprint density at radius 3 is 2.28 bits per heavy atom. The minimum absolute atomic E-state index is 0.218. The third kappa shape index (κ3) is 9.85. The van der Waals surface area contributed by atoms with Crippen LogP contribution in [-0.2, 0) is 9.84 Å². The van der Waals surface area contributed by atoms with Crippen LogP contribution in [0.4, 0.5) is 0 Å². The molecule has 0 radical (unpaired) electrons. The van der Waals surface area contributed by atoms with Crippen molar-refractivity contribution in [2.24, 2.45) is 5.73 Å². The van der Waals surface area contributed by atoms with E-state index in [0.717, 1.165) is 6.42 Å². The summed E-state index contributed by atoms with van der Waals surface area (Å²) in [4.78, 5) is 2.08. The average Bonchev–Trinajstić information content (AvgIpc) is 2.30. The molecular weight excluding hydrogens is 248 g/mol. The van der Waals surface area contributed by atoms with Crippen molar-refractivity contribution in [3.05, 3.63) is 0 Å². The number of hydrogen-bond acceptors (Lipinski definition) is 4. The van der Waals surface area contributed by atoms with Gasteiger partial charge in [0.2, 0.25) is 0 Å². The van der Waals surface area contributed by atoms with Gasteiger partial charge in [-0.2, -0.15) is 0 Å². The van der Waals surface area contributed by atoms with Gasteiger partial charge in [0.25, 0.3) is 0 Å². The van der Waals surface area contributed by atoms with Crippen LogP contribution in [0.1, 0.15) is 45.4 Å². The van der Waals surface area contributed by atoms with Crippen LogP contribution >= 0.6 is 0 Å². The Hall–Kier alpha value is -0.130. The topological polar surface area (TPSA) is 63.4 Å². The van der Waals surface area contributed by atoms with Gasteiger partial charge in [-0.25, -0.2) is 8.42 Å². The lowest BCUT2D eigenvalue weighted by molar-refractivity contribution is 0.242. The van der Waals surface area contributed by atoms with E-state index in [4.69, 9.17) is 5.73 Å². The standard InChI is InChI=1S/C13H30N2O2S/c1-4-5-6-7-8-9-13(12-14)15(2)10-11-18(3,16)17/h13H,4-12,14H2,1-3H3. The van der Waals surface area contributed by atoms with Crippen molar-refractivity contribution in [1.82, 2.24) is 4.90 Å². The molecule has 0 amide bonds. The van der Waals surface area contributed by atoms with Crippen molar-refractivity contribution in [3.8, 4) is 0 Å². The lowest BCUT2D eigenvalue weighted by Gasteiger charge is -2.26. The zero-order chi connectivity index (χ0) is 14.0. The fourth-order valence-electron chi connectivity index (χ4n) is 1.99. The van der Waals surface area contributed by atoms with Crippen LogP contribution in [0.5, 0.6) is 0 Å². The Morgan fingerprint density at radius 1 is 1.17 bits per heavy atom. The van der Waals surface area contributed by atoms with Gasteiger partial charge in [-0.3, -0.25) is 0 Å². The maximum atomic E-state index is 11.1. The number of hydrogen-bond donors (Lipinski definition) is 1. The molecule has 0 aromatic heterocycles. The number of rotatable bonds is 11. The van der Waals surface area contributed by atoms with E-state index in [-0.39, 0.29) is 5.75 Å². The van der Waals surface area contributed by atoms with Crippen molar-refractivity contribution in [2.45, 2.75) is 51.5 Å². The minimum Gasteiger partial charge on any atom is -0.329 e. The van der Waals surface area contributed by atoms with E-state index in [1.54, 1.807) is 0 Å². The third-order valence-electron chi connectivity index (χ3n) is 3.35. The highest BCUT2D eigenvalue weighted by Gasteiger charge is 2.14. The molecule has 0 fully saturated rings. The van der Waals surface area contributed by atoms with Crippen LogP contribution in [0, 0.1) is 0 Å². The van der Waals surface area contributed by atoms with Gasteiger partial charge < -0.3 is 10.6 Å². The SMILES string of the molecule is CCCCCCCC(CN)N(C)CCS(C)(=O)=O. The number of sulfone groups is 1. The first-order chi connectivity index (χ1) is 8.40. The lowest BCUT2D eigenvalue weighted by atomic mass is 10.1. The molecule has 110 valence electrons. The number of nitrogens with zero attached hydrogens (tertiary/aromatic N) is 1. The molecule has 18 heavy (non-hydrogen) atoms. The molecule has 0 aromatic carbocycles. The monoisotopic (exact) mass is 278 g/mol. The summed E-state index contributed by atoms with van der Waals surface area (Å²) in [5.74, 6) is 0.218. The maximum Gasteiger partial charge on any atom is 0.148 e. The van der Waals surface area contributed by atoms with E-state index in [2.05, 4.69) is 11.8 Å². The molecule has 0 aromatic rings. The van der Waals surface area contributed by atoms with Crippen LogP contribution in [0.15, 0.2) is 0 Å². The van der Waals surface area contributed by atoms with Gasteiger partial charge in [-0.15, -0.1) is 0 Å². The second kappa shape index (κ2) is 9.75. The lowest BCUT2D eigenvalue weighted by Crippen LogP contribution is -2.40. The van der Waals surface area contributed by atoms with Crippen molar-refractivity contribution in [1.29, 1.82) is 0 Å². The first-order valence-electron chi connectivity index (χ1n) is 6.98. The van der Waals surface area contributed by atoms with E-state index in [9.17, 15) is 8.42 Å². The van der Waals surface area contributed by atoms with Crippen LogP contribution in [0.2, 0.25) is 0 Å². The Labute approximate surface area is 113 Å². The van der Waals surface area contributed by atoms with E-state index in [1.807, 2.05) is 7.05 Å². The number of likely N-dealkylation sites (N-methyl/N-ethyl adjacent to an activating group) is 1. The Bertz CT molecular complexity index is 291. The summed E-state index contributed by atoms with van der Waals surface area (Å²) >= 11 is 0. The Balaban J connectivity index is 3.85. The smallest absolute Gasteiger partial charge is 0.148 e. The summed E-state index contributed by atoms with van der Waals surface area (Å²) in [6.45, 7) is 3.39. The molecular formula is C13H30N2O2S. The van der Waals surface area contributed by atoms with Gasteiger partial charge in [0.05, 0.1) is 5.75 Å². The maximum absolute atomic E-state index is 11.1. The van der Waals surface area contributed by atoms with Crippen LogP contribution in [0.25, 0.3) is 0 Å². The summed E-state index contributed by atoms with van der Waals surface area (Å²) in [6.07, 6.45) is 8.64. The third-order valence-corrected chi connectivity index (χ3v) is 4.28. The first kappa shape index (κ1) is 17.9. The van der Waals surface area contributed by atoms with Crippen molar-refractivity contribution < 1.29 is 8.42 Å². The molecule has 2 N–H and O–H groups in total. The quantitative estimate of drug-likeness (QED) is 0.584. The van der Waals surface area contributed by atoms with Crippen molar-refractivity contribution >= 4 is 9.84 Å². The highest BCUT2D eigenvalue weighted by Crippen LogP contribution is 2.10. The summed E-state index contributed by atoms with van der Waals surface area (Å²) in [6, 6.07) is 0.313. The van der Waals surface area contributed by atoms with Gasteiger partial charge >= 0.3 is 0 Å². The minimum atomic E-state index is -2.88. The molecule has 0 bridgehead atoms. The zero-order valence-corrected chi connectivity index (χ0v) is 13.0. The molecule has 0 saturated carbocycles.